The highest BCUT2D eigenvalue weighted by Gasteiger charge is 2.13. The summed E-state index contributed by atoms with van der Waals surface area (Å²) in [4.78, 5) is 24.8. The summed E-state index contributed by atoms with van der Waals surface area (Å²) < 4.78 is 0. The molecule has 0 saturated heterocycles. The molecule has 0 heterocycles. The van der Waals surface area contributed by atoms with Gasteiger partial charge < -0.3 is 5.32 Å². The second kappa shape index (κ2) is 8.78. The number of nitrogens with zero attached hydrogens (tertiary/aromatic N) is 1. The molecular weight excluding hydrogens is 362 g/mol. The summed E-state index contributed by atoms with van der Waals surface area (Å²) in [5.74, 6) is -0.718. The molecule has 3 rings (SSSR count). The number of halogens is 1. The average molecular weight is 378 g/mol. The number of para-hydroxylation sites is 1. The van der Waals surface area contributed by atoms with Gasteiger partial charge in [-0.05, 0) is 42.0 Å². The SMILES string of the molecule is O=C(Nc1ccccc1C(=O)N/N=C\c1ccc(Cl)cc1)c1ccccc1. The molecule has 0 radical (unpaired) electrons. The Morgan fingerprint density at radius 2 is 1.48 bits per heavy atom. The minimum atomic E-state index is -0.427. The lowest BCUT2D eigenvalue weighted by Gasteiger charge is -2.10. The third kappa shape index (κ3) is 5.03. The molecule has 0 spiro atoms. The van der Waals surface area contributed by atoms with Crippen molar-refractivity contribution in [1.29, 1.82) is 0 Å². The number of hydrogen-bond donors (Lipinski definition) is 2. The van der Waals surface area contributed by atoms with E-state index in [2.05, 4.69) is 15.8 Å². The molecule has 0 aliphatic rings. The molecule has 0 unspecified atom stereocenters. The van der Waals surface area contributed by atoms with Gasteiger partial charge in [0.25, 0.3) is 11.8 Å². The van der Waals surface area contributed by atoms with Crippen molar-refractivity contribution in [3.63, 3.8) is 0 Å². The molecule has 0 bridgehead atoms. The van der Waals surface area contributed by atoms with Crippen molar-refractivity contribution >= 4 is 35.3 Å². The second-order valence-electron chi connectivity index (χ2n) is 5.62. The number of nitrogens with one attached hydrogen (secondary N) is 2. The van der Waals surface area contributed by atoms with Crippen LogP contribution in [0.3, 0.4) is 0 Å². The first-order valence-electron chi connectivity index (χ1n) is 8.18. The fourth-order valence-electron chi connectivity index (χ4n) is 2.35. The van der Waals surface area contributed by atoms with Gasteiger partial charge in [0, 0.05) is 10.6 Å². The van der Waals surface area contributed by atoms with E-state index < -0.39 is 5.91 Å². The van der Waals surface area contributed by atoms with Crippen LogP contribution in [0.15, 0.2) is 84.0 Å². The molecular formula is C21H16ClN3O2. The minimum absolute atomic E-state index is 0.291. The Morgan fingerprint density at radius 1 is 0.815 bits per heavy atom. The van der Waals surface area contributed by atoms with Crippen LogP contribution in [0.25, 0.3) is 0 Å². The highest BCUT2D eigenvalue weighted by atomic mass is 35.5. The van der Waals surface area contributed by atoms with Gasteiger partial charge in [0.15, 0.2) is 0 Å². The predicted molar refractivity (Wildman–Crippen MR) is 107 cm³/mol. The number of hydrogen-bond acceptors (Lipinski definition) is 3. The highest BCUT2D eigenvalue weighted by Crippen LogP contribution is 2.16. The number of rotatable bonds is 5. The molecule has 2 amide bonds. The van der Waals surface area contributed by atoms with E-state index in [0.717, 1.165) is 5.56 Å². The van der Waals surface area contributed by atoms with Crippen LogP contribution in [-0.4, -0.2) is 18.0 Å². The maximum absolute atomic E-state index is 12.4. The topological polar surface area (TPSA) is 70.6 Å². The molecule has 6 heteroatoms. The van der Waals surface area contributed by atoms with E-state index in [0.29, 0.717) is 21.8 Å². The van der Waals surface area contributed by atoms with Crippen molar-refractivity contribution in [3.05, 3.63) is 101 Å². The molecule has 0 aliphatic heterocycles. The molecule has 0 aromatic heterocycles. The van der Waals surface area contributed by atoms with E-state index in [-0.39, 0.29) is 5.91 Å². The van der Waals surface area contributed by atoms with Crippen LogP contribution in [0.5, 0.6) is 0 Å². The van der Waals surface area contributed by atoms with Crippen LogP contribution >= 0.6 is 11.6 Å². The summed E-state index contributed by atoms with van der Waals surface area (Å²) in [6, 6.07) is 22.6. The number of amides is 2. The first kappa shape index (κ1) is 18.4. The smallest absolute Gasteiger partial charge is 0.273 e. The average Bonchev–Trinajstić information content (AvgIpc) is 2.70. The van der Waals surface area contributed by atoms with Gasteiger partial charge in [0.2, 0.25) is 0 Å². The molecule has 27 heavy (non-hydrogen) atoms. The van der Waals surface area contributed by atoms with Gasteiger partial charge in [-0.3, -0.25) is 9.59 Å². The van der Waals surface area contributed by atoms with E-state index >= 15 is 0 Å². The molecule has 134 valence electrons. The Bertz CT molecular complexity index is 970. The number of anilines is 1. The van der Waals surface area contributed by atoms with E-state index in [1.165, 1.54) is 6.21 Å². The molecule has 0 saturated carbocycles. The number of carbonyl (C=O) groups excluding carboxylic acids is 2. The largest absolute Gasteiger partial charge is 0.321 e. The van der Waals surface area contributed by atoms with Crippen molar-refractivity contribution in [3.8, 4) is 0 Å². The maximum atomic E-state index is 12.4. The Balaban J connectivity index is 1.70. The third-order valence-electron chi connectivity index (χ3n) is 3.71. The Labute approximate surface area is 161 Å². The van der Waals surface area contributed by atoms with Gasteiger partial charge in [-0.2, -0.15) is 5.10 Å². The Hall–Kier alpha value is -3.44. The van der Waals surface area contributed by atoms with E-state index in [1.807, 2.05) is 6.07 Å². The standard InChI is InChI=1S/C21H16ClN3O2/c22-17-12-10-15(11-13-17)14-23-25-21(27)18-8-4-5-9-19(18)24-20(26)16-6-2-1-3-7-16/h1-14H,(H,24,26)(H,25,27)/b23-14-. The van der Waals surface area contributed by atoms with Crippen LogP contribution in [0, 0.1) is 0 Å². The Morgan fingerprint density at radius 3 is 2.22 bits per heavy atom. The van der Waals surface area contributed by atoms with Crippen molar-refractivity contribution in [2.24, 2.45) is 5.10 Å². The highest BCUT2D eigenvalue weighted by molar-refractivity contribution is 6.30. The zero-order chi connectivity index (χ0) is 19.1. The maximum Gasteiger partial charge on any atom is 0.273 e. The van der Waals surface area contributed by atoms with Gasteiger partial charge in [0.05, 0.1) is 17.5 Å². The van der Waals surface area contributed by atoms with Crippen molar-refractivity contribution in [1.82, 2.24) is 5.43 Å². The monoisotopic (exact) mass is 377 g/mol. The summed E-state index contributed by atoms with van der Waals surface area (Å²) in [6.45, 7) is 0. The zero-order valence-electron chi connectivity index (χ0n) is 14.2. The lowest BCUT2D eigenvalue weighted by Crippen LogP contribution is -2.21. The van der Waals surface area contributed by atoms with E-state index in [1.54, 1.807) is 72.8 Å². The molecule has 5 nitrogen and oxygen atoms in total. The summed E-state index contributed by atoms with van der Waals surface area (Å²) >= 11 is 5.83. The molecule has 0 fully saturated rings. The molecule has 2 N–H and O–H groups in total. The number of hydrazone groups is 1. The van der Waals surface area contributed by atoms with Crippen LogP contribution in [-0.2, 0) is 0 Å². The van der Waals surface area contributed by atoms with Crippen LogP contribution < -0.4 is 10.7 Å². The van der Waals surface area contributed by atoms with Crippen LogP contribution in [0.2, 0.25) is 5.02 Å². The fourth-order valence-corrected chi connectivity index (χ4v) is 2.47. The van der Waals surface area contributed by atoms with Crippen LogP contribution in [0.4, 0.5) is 5.69 Å². The van der Waals surface area contributed by atoms with Gasteiger partial charge >= 0.3 is 0 Å². The minimum Gasteiger partial charge on any atom is -0.321 e. The van der Waals surface area contributed by atoms with Crippen LogP contribution in [0.1, 0.15) is 26.3 Å². The first-order valence-corrected chi connectivity index (χ1v) is 8.56. The summed E-state index contributed by atoms with van der Waals surface area (Å²) in [5, 5.41) is 7.33. The van der Waals surface area contributed by atoms with E-state index in [4.69, 9.17) is 11.6 Å². The molecule has 3 aromatic carbocycles. The quantitative estimate of drug-likeness (QED) is 0.512. The first-order chi connectivity index (χ1) is 13.1. The molecule has 0 aliphatic carbocycles. The molecule has 0 atom stereocenters. The zero-order valence-corrected chi connectivity index (χ0v) is 15.0. The number of benzene rings is 3. The van der Waals surface area contributed by atoms with E-state index in [9.17, 15) is 9.59 Å². The summed E-state index contributed by atoms with van der Waals surface area (Å²) in [5.41, 5.74) is 4.49. The lowest BCUT2D eigenvalue weighted by atomic mass is 10.1. The fraction of sp³-hybridized carbons (Fsp3) is 0. The summed E-state index contributed by atoms with van der Waals surface area (Å²) in [6.07, 6.45) is 1.51. The number of carbonyl (C=O) groups is 2. The van der Waals surface area contributed by atoms with Crippen molar-refractivity contribution < 1.29 is 9.59 Å². The predicted octanol–water partition coefficient (Wildman–Crippen LogP) is 4.36. The van der Waals surface area contributed by atoms with Gasteiger partial charge in [-0.15, -0.1) is 0 Å². The normalized spacial score (nSPS) is 10.6. The third-order valence-corrected chi connectivity index (χ3v) is 3.96. The van der Waals surface area contributed by atoms with Crippen molar-refractivity contribution in [2.75, 3.05) is 5.32 Å². The lowest BCUT2D eigenvalue weighted by molar-refractivity contribution is 0.0956. The van der Waals surface area contributed by atoms with Gasteiger partial charge in [-0.25, -0.2) is 5.43 Å². The molecule has 3 aromatic rings. The summed E-state index contributed by atoms with van der Waals surface area (Å²) in [7, 11) is 0. The Kier molecular flexibility index (Phi) is 5.97. The second-order valence-corrected chi connectivity index (χ2v) is 6.05. The van der Waals surface area contributed by atoms with Crippen molar-refractivity contribution in [2.45, 2.75) is 0 Å². The van der Waals surface area contributed by atoms with Gasteiger partial charge in [-0.1, -0.05) is 54.1 Å². The van der Waals surface area contributed by atoms with Gasteiger partial charge in [0.1, 0.15) is 0 Å².